The van der Waals surface area contributed by atoms with Crippen LogP contribution in [0.5, 0.6) is 0 Å². The first-order chi connectivity index (χ1) is 21.1. The predicted molar refractivity (Wildman–Crippen MR) is 170 cm³/mol. The molecule has 10 heteroatoms. The number of anilines is 1. The molecule has 3 aromatic rings. The number of fused-ring (bicyclic) bond motifs is 1. The lowest BCUT2D eigenvalue weighted by atomic mass is 9.80. The van der Waals surface area contributed by atoms with E-state index in [1.165, 1.54) is 10.1 Å². The first-order valence-corrected chi connectivity index (χ1v) is 15.3. The Bertz CT molecular complexity index is 1680. The lowest BCUT2D eigenvalue weighted by molar-refractivity contribution is -0.0000299. The van der Waals surface area contributed by atoms with E-state index in [0.29, 0.717) is 16.7 Å². The van der Waals surface area contributed by atoms with Crippen molar-refractivity contribution < 1.29 is 9.57 Å². The van der Waals surface area contributed by atoms with E-state index in [0.717, 1.165) is 69.8 Å². The van der Waals surface area contributed by atoms with Crippen molar-refractivity contribution in [2.24, 2.45) is 18.1 Å². The fourth-order valence-electron chi connectivity index (χ4n) is 6.21. The van der Waals surface area contributed by atoms with Gasteiger partial charge >= 0.3 is 0 Å². The molecule has 1 aliphatic heterocycles. The Morgan fingerprint density at radius 2 is 1.84 bits per heavy atom. The fourth-order valence-corrected chi connectivity index (χ4v) is 6.21. The quantitative estimate of drug-likeness (QED) is 0.284. The topological polar surface area (TPSA) is 120 Å². The number of ether oxygens (including phenoxy) is 1. The maximum Gasteiger partial charge on any atom is 0.270 e. The minimum absolute atomic E-state index is 0.0464. The molecule has 10 nitrogen and oxygen atoms in total. The highest BCUT2D eigenvalue weighted by molar-refractivity contribution is 6.02. The van der Waals surface area contributed by atoms with E-state index in [4.69, 9.17) is 14.7 Å². The maximum atomic E-state index is 13.2. The highest BCUT2D eigenvalue weighted by atomic mass is 16.6. The standard InChI is InChI=1S/C34H41N7O3/c1-34(2,3)44-38-30(25-8-6-7-23(19-25)22-41-15-17-43-18-16-41)24-9-12-27(13-10-24)39(4)32-28(21-36)33(42)40(5)29-14-11-26(20-35)37-31(29)32/h6-8,11,14,19,24,27H,9-10,12-13,15-18,22H2,1-5H3/b38-30+/t24-,27-. The molecule has 0 unspecified atom stereocenters. The van der Waals surface area contributed by atoms with Crippen LogP contribution in [0.4, 0.5) is 5.69 Å². The Labute approximate surface area is 259 Å². The number of nitriles is 2. The third kappa shape index (κ3) is 6.77. The Balaban J connectivity index is 1.41. The van der Waals surface area contributed by atoms with Crippen molar-refractivity contribution in [2.75, 3.05) is 38.3 Å². The molecular formula is C34H41N7O3. The Kier molecular flexibility index (Phi) is 9.33. The smallest absolute Gasteiger partial charge is 0.270 e. The van der Waals surface area contributed by atoms with Gasteiger partial charge in [0.15, 0.2) is 0 Å². The highest BCUT2D eigenvalue weighted by Gasteiger charge is 2.31. The molecule has 0 radical (unpaired) electrons. The molecule has 1 aliphatic carbocycles. The molecule has 0 N–H and O–H groups in total. The molecule has 3 heterocycles. The molecule has 0 amide bonds. The monoisotopic (exact) mass is 595 g/mol. The second kappa shape index (κ2) is 13.2. The third-order valence-corrected chi connectivity index (χ3v) is 8.58. The van der Waals surface area contributed by atoms with Gasteiger partial charge in [0.2, 0.25) is 0 Å². The van der Waals surface area contributed by atoms with Crippen LogP contribution in [-0.2, 0) is 23.2 Å². The summed E-state index contributed by atoms with van der Waals surface area (Å²) in [6.07, 6.45) is 3.42. The molecule has 0 spiro atoms. The van der Waals surface area contributed by atoms with Crippen LogP contribution in [0.2, 0.25) is 0 Å². The summed E-state index contributed by atoms with van der Waals surface area (Å²) >= 11 is 0. The van der Waals surface area contributed by atoms with Gasteiger partial charge in [-0.3, -0.25) is 9.69 Å². The van der Waals surface area contributed by atoms with Crippen LogP contribution in [-0.4, -0.2) is 65.2 Å². The van der Waals surface area contributed by atoms with Gasteiger partial charge in [0.1, 0.15) is 34.5 Å². The molecule has 2 aromatic heterocycles. The Morgan fingerprint density at radius 1 is 1.11 bits per heavy atom. The van der Waals surface area contributed by atoms with E-state index in [2.05, 4.69) is 46.3 Å². The molecule has 1 saturated heterocycles. The van der Waals surface area contributed by atoms with E-state index < -0.39 is 5.60 Å². The van der Waals surface area contributed by atoms with E-state index in [1.54, 1.807) is 19.2 Å². The van der Waals surface area contributed by atoms with Crippen molar-refractivity contribution in [3.8, 4) is 12.1 Å². The van der Waals surface area contributed by atoms with Crippen LogP contribution in [0, 0.1) is 28.6 Å². The zero-order valence-corrected chi connectivity index (χ0v) is 26.3. The van der Waals surface area contributed by atoms with Crippen molar-refractivity contribution in [3.05, 3.63) is 69.1 Å². The lowest BCUT2D eigenvalue weighted by Crippen LogP contribution is -2.39. The maximum absolute atomic E-state index is 13.2. The minimum atomic E-state index is -0.419. The van der Waals surface area contributed by atoms with E-state index >= 15 is 0 Å². The van der Waals surface area contributed by atoms with Gasteiger partial charge in [0.05, 0.1) is 30.1 Å². The van der Waals surface area contributed by atoms with Crippen LogP contribution >= 0.6 is 0 Å². The first-order valence-electron chi connectivity index (χ1n) is 15.3. The van der Waals surface area contributed by atoms with Crippen LogP contribution in [0.25, 0.3) is 11.0 Å². The summed E-state index contributed by atoms with van der Waals surface area (Å²) in [5.41, 5.74) is 4.36. The number of hydrogen-bond acceptors (Lipinski definition) is 9. The first kappa shape index (κ1) is 31.2. The average molecular weight is 596 g/mol. The summed E-state index contributed by atoms with van der Waals surface area (Å²) in [6.45, 7) is 10.3. The summed E-state index contributed by atoms with van der Waals surface area (Å²) in [6, 6.07) is 16.2. The molecule has 5 rings (SSSR count). The number of benzene rings is 1. The molecule has 0 atom stereocenters. The van der Waals surface area contributed by atoms with Gasteiger partial charge in [-0.2, -0.15) is 10.5 Å². The number of morpholine rings is 1. The van der Waals surface area contributed by atoms with E-state index in [1.807, 2.05) is 32.7 Å². The number of hydrogen-bond donors (Lipinski definition) is 0. The van der Waals surface area contributed by atoms with Gasteiger partial charge in [0, 0.05) is 45.7 Å². The van der Waals surface area contributed by atoms with Crippen LogP contribution in [0.3, 0.4) is 0 Å². The van der Waals surface area contributed by atoms with Crippen molar-refractivity contribution >= 4 is 22.4 Å². The fraction of sp³-hybridized carbons (Fsp3) is 0.500. The Hall–Kier alpha value is -4.25. The molecule has 2 fully saturated rings. The molecule has 44 heavy (non-hydrogen) atoms. The molecule has 0 bridgehead atoms. The Morgan fingerprint density at radius 3 is 2.50 bits per heavy atom. The molecule has 230 valence electrons. The summed E-state index contributed by atoms with van der Waals surface area (Å²) in [7, 11) is 3.55. The van der Waals surface area contributed by atoms with Gasteiger partial charge in [-0.05, 0) is 75.8 Å². The van der Waals surface area contributed by atoms with Gasteiger partial charge in [-0.25, -0.2) is 4.98 Å². The normalized spacial score (nSPS) is 19.8. The number of aryl methyl sites for hydroxylation is 1. The summed E-state index contributed by atoms with van der Waals surface area (Å²) < 4.78 is 6.95. The van der Waals surface area contributed by atoms with Crippen LogP contribution in [0.1, 0.15) is 68.8 Å². The minimum Gasteiger partial charge on any atom is -0.390 e. The number of aromatic nitrogens is 2. The SMILES string of the molecule is Cn1c(=O)c(C#N)c(N(C)[C@H]2CC[C@H](/C(=N\OC(C)(C)C)c3cccc(CN4CCOCC4)c3)CC2)c2nc(C#N)ccc21. The summed E-state index contributed by atoms with van der Waals surface area (Å²) in [5, 5.41) is 24.3. The number of pyridine rings is 2. The number of oxime groups is 1. The number of rotatable bonds is 7. The average Bonchev–Trinajstić information content (AvgIpc) is 3.02. The van der Waals surface area contributed by atoms with Gasteiger partial charge in [-0.15, -0.1) is 0 Å². The van der Waals surface area contributed by atoms with E-state index in [-0.39, 0.29) is 28.8 Å². The molecule has 2 aliphatic rings. The second-order valence-corrected chi connectivity index (χ2v) is 12.8. The van der Waals surface area contributed by atoms with Gasteiger partial charge < -0.3 is 19.0 Å². The van der Waals surface area contributed by atoms with Crippen molar-refractivity contribution in [2.45, 2.75) is 64.6 Å². The van der Waals surface area contributed by atoms with Crippen LogP contribution in [0.15, 0.2) is 46.3 Å². The molecule has 1 saturated carbocycles. The summed E-state index contributed by atoms with van der Waals surface area (Å²) in [5.74, 6) is 0.194. The highest BCUT2D eigenvalue weighted by Crippen LogP contribution is 2.35. The lowest BCUT2D eigenvalue weighted by Gasteiger charge is -2.37. The molecule has 1 aromatic carbocycles. The zero-order chi connectivity index (χ0) is 31.4. The van der Waals surface area contributed by atoms with Gasteiger partial charge in [-0.1, -0.05) is 23.4 Å². The largest absolute Gasteiger partial charge is 0.390 e. The second-order valence-electron chi connectivity index (χ2n) is 12.8. The van der Waals surface area contributed by atoms with Gasteiger partial charge in [0.25, 0.3) is 5.56 Å². The third-order valence-electron chi connectivity index (χ3n) is 8.58. The van der Waals surface area contributed by atoms with E-state index in [9.17, 15) is 15.3 Å². The van der Waals surface area contributed by atoms with Crippen LogP contribution < -0.4 is 10.5 Å². The number of nitrogens with zero attached hydrogens (tertiary/aromatic N) is 7. The van der Waals surface area contributed by atoms with Crippen molar-refractivity contribution in [1.82, 2.24) is 14.5 Å². The zero-order valence-electron chi connectivity index (χ0n) is 26.3. The van der Waals surface area contributed by atoms with Crippen molar-refractivity contribution in [3.63, 3.8) is 0 Å². The van der Waals surface area contributed by atoms with Crippen molar-refractivity contribution in [1.29, 1.82) is 10.5 Å². The predicted octanol–water partition coefficient (Wildman–Crippen LogP) is 4.72. The summed E-state index contributed by atoms with van der Waals surface area (Å²) in [4.78, 5) is 28.1. The molecular weight excluding hydrogens is 554 g/mol.